The Labute approximate surface area is 168 Å². The number of pyridine rings is 1. The molecule has 3 aliphatic rings. The lowest BCUT2D eigenvalue weighted by Crippen LogP contribution is -2.44. The molecule has 0 aromatic carbocycles. The Morgan fingerprint density at radius 1 is 1.07 bits per heavy atom. The first-order chi connectivity index (χ1) is 13.8. The predicted molar refractivity (Wildman–Crippen MR) is 111 cm³/mol. The van der Waals surface area contributed by atoms with Crippen LogP contribution in [0.15, 0.2) is 18.3 Å². The number of amides is 1. The smallest absolute Gasteiger partial charge is 0.255 e. The fourth-order valence-electron chi connectivity index (χ4n) is 4.84. The summed E-state index contributed by atoms with van der Waals surface area (Å²) >= 11 is 0. The molecule has 3 heterocycles. The van der Waals surface area contributed by atoms with Gasteiger partial charge in [-0.05, 0) is 50.3 Å². The Kier molecular flexibility index (Phi) is 6.81. The number of anilines is 1. The molecule has 1 amide bonds. The molecule has 2 aliphatic heterocycles. The lowest BCUT2D eigenvalue weighted by atomic mass is 9.88. The van der Waals surface area contributed by atoms with E-state index in [4.69, 9.17) is 4.74 Å². The number of carbonyl (C=O) groups is 1. The molecular formula is C22H34N4O2. The van der Waals surface area contributed by atoms with E-state index >= 15 is 0 Å². The molecule has 154 valence electrons. The maximum absolute atomic E-state index is 12.5. The molecule has 0 spiro atoms. The van der Waals surface area contributed by atoms with Gasteiger partial charge in [-0.2, -0.15) is 0 Å². The van der Waals surface area contributed by atoms with Crippen molar-refractivity contribution >= 4 is 11.7 Å². The summed E-state index contributed by atoms with van der Waals surface area (Å²) in [5, 5.41) is 3.60. The monoisotopic (exact) mass is 386 g/mol. The van der Waals surface area contributed by atoms with E-state index < -0.39 is 0 Å². The molecule has 6 heteroatoms. The minimum Gasteiger partial charge on any atom is -0.378 e. The van der Waals surface area contributed by atoms with Crippen molar-refractivity contribution in [1.82, 2.24) is 14.8 Å². The maximum Gasteiger partial charge on any atom is 0.255 e. The van der Waals surface area contributed by atoms with Crippen molar-refractivity contribution in [2.24, 2.45) is 5.92 Å². The number of carbonyl (C=O) groups excluding carboxylic acids is 1. The molecule has 28 heavy (non-hydrogen) atoms. The summed E-state index contributed by atoms with van der Waals surface area (Å²) in [5.41, 5.74) is 0.662. The fraction of sp³-hybridized carbons (Fsp3) is 0.727. The number of nitrogens with one attached hydrogen (secondary N) is 1. The van der Waals surface area contributed by atoms with Gasteiger partial charge in [0.15, 0.2) is 0 Å². The second kappa shape index (κ2) is 9.70. The van der Waals surface area contributed by atoms with E-state index in [0.717, 1.165) is 18.3 Å². The van der Waals surface area contributed by atoms with Crippen LogP contribution in [0.2, 0.25) is 0 Å². The summed E-state index contributed by atoms with van der Waals surface area (Å²) < 4.78 is 5.32. The molecule has 4 rings (SSSR count). The second-order valence-corrected chi connectivity index (χ2v) is 8.58. The van der Waals surface area contributed by atoms with Gasteiger partial charge < -0.3 is 19.9 Å². The summed E-state index contributed by atoms with van der Waals surface area (Å²) in [7, 11) is 0. The zero-order chi connectivity index (χ0) is 19.2. The number of likely N-dealkylation sites (tertiary alicyclic amines) is 1. The average molecular weight is 387 g/mol. The zero-order valence-electron chi connectivity index (χ0n) is 16.9. The molecule has 1 atom stereocenters. The minimum absolute atomic E-state index is 0.0543. The number of morpholine rings is 1. The highest BCUT2D eigenvalue weighted by molar-refractivity contribution is 5.94. The minimum atomic E-state index is 0.0543. The van der Waals surface area contributed by atoms with Gasteiger partial charge >= 0.3 is 0 Å². The van der Waals surface area contributed by atoms with Crippen LogP contribution in [0.25, 0.3) is 0 Å². The topological polar surface area (TPSA) is 57.7 Å². The van der Waals surface area contributed by atoms with Crippen molar-refractivity contribution in [3.05, 3.63) is 23.9 Å². The number of hydrogen-bond donors (Lipinski definition) is 1. The van der Waals surface area contributed by atoms with Crippen LogP contribution in [-0.2, 0) is 4.74 Å². The summed E-state index contributed by atoms with van der Waals surface area (Å²) in [6, 6.07) is 4.30. The highest BCUT2D eigenvalue weighted by Gasteiger charge is 2.24. The van der Waals surface area contributed by atoms with E-state index in [0.29, 0.717) is 37.9 Å². The Morgan fingerprint density at radius 2 is 1.89 bits per heavy atom. The van der Waals surface area contributed by atoms with E-state index in [9.17, 15) is 4.79 Å². The average Bonchev–Trinajstić information content (AvgIpc) is 2.75. The van der Waals surface area contributed by atoms with Gasteiger partial charge in [-0.15, -0.1) is 0 Å². The van der Waals surface area contributed by atoms with Crippen molar-refractivity contribution in [3.63, 3.8) is 0 Å². The van der Waals surface area contributed by atoms with E-state index in [1.165, 1.54) is 58.0 Å². The van der Waals surface area contributed by atoms with Crippen LogP contribution in [0.5, 0.6) is 0 Å². The highest BCUT2D eigenvalue weighted by atomic mass is 16.5. The van der Waals surface area contributed by atoms with Crippen LogP contribution in [0, 0.1) is 5.92 Å². The third-order valence-corrected chi connectivity index (χ3v) is 6.41. The molecular weight excluding hydrogens is 352 g/mol. The van der Waals surface area contributed by atoms with Gasteiger partial charge in [0.05, 0.1) is 18.8 Å². The normalized spacial score (nSPS) is 24.9. The summed E-state index contributed by atoms with van der Waals surface area (Å²) in [5.74, 6) is 1.83. The summed E-state index contributed by atoms with van der Waals surface area (Å²) in [4.78, 5) is 21.5. The maximum atomic E-state index is 12.5. The SMILES string of the molecule is O=C(c1ccc(N[C@H]2CCCN(CC3CCCCC3)C2)nc1)N1CCOCC1. The standard InChI is InChI=1S/C22H34N4O2/c27-22(26-11-13-28-14-12-26)19-8-9-21(23-15-19)24-20-7-4-10-25(17-20)16-18-5-2-1-3-6-18/h8-9,15,18,20H,1-7,10-14,16-17H2,(H,23,24)/t20-/m0/s1. The number of rotatable bonds is 5. The molecule has 1 aliphatic carbocycles. The van der Waals surface area contributed by atoms with Gasteiger partial charge in [-0.3, -0.25) is 4.79 Å². The summed E-state index contributed by atoms with van der Waals surface area (Å²) in [6.07, 6.45) is 11.2. The van der Waals surface area contributed by atoms with E-state index in [2.05, 4.69) is 15.2 Å². The van der Waals surface area contributed by atoms with E-state index in [1.54, 1.807) is 6.20 Å². The fourth-order valence-corrected chi connectivity index (χ4v) is 4.84. The largest absolute Gasteiger partial charge is 0.378 e. The molecule has 0 radical (unpaired) electrons. The number of nitrogens with zero attached hydrogens (tertiary/aromatic N) is 3. The Bertz CT molecular complexity index is 624. The molecule has 1 aromatic rings. The van der Waals surface area contributed by atoms with Crippen LogP contribution in [-0.4, -0.2) is 72.7 Å². The van der Waals surface area contributed by atoms with Crippen LogP contribution in [0.1, 0.15) is 55.3 Å². The quantitative estimate of drug-likeness (QED) is 0.843. The van der Waals surface area contributed by atoms with Crippen LogP contribution >= 0.6 is 0 Å². The van der Waals surface area contributed by atoms with Crippen LogP contribution in [0.4, 0.5) is 5.82 Å². The van der Waals surface area contributed by atoms with E-state index in [1.807, 2.05) is 17.0 Å². The Hall–Kier alpha value is -1.66. The molecule has 1 N–H and O–H groups in total. The van der Waals surface area contributed by atoms with Gasteiger partial charge in [0, 0.05) is 38.4 Å². The lowest BCUT2D eigenvalue weighted by molar-refractivity contribution is 0.0302. The molecule has 6 nitrogen and oxygen atoms in total. The Morgan fingerprint density at radius 3 is 2.64 bits per heavy atom. The second-order valence-electron chi connectivity index (χ2n) is 8.58. The number of hydrogen-bond acceptors (Lipinski definition) is 5. The third kappa shape index (κ3) is 5.23. The van der Waals surface area contributed by atoms with Crippen molar-refractivity contribution in [3.8, 4) is 0 Å². The molecule has 1 aromatic heterocycles. The Balaban J connectivity index is 1.28. The first-order valence-corrected chi connectivity index (χ1v) is 11.1. The van der Waals surface area contributed by atoms with Gasteiger partial charge in [0.2, 0.25) is 0 Å². The highest BCUT2D eigenvalue weighted by Crippen LogP contribution is 2.26. The molecule has 0 bridgehead atoms. The lowest BCUT2D eigenvalue weighted by Gasteiger charge is -2.36. The number of ether oxygens (including phenoxy) is 1. The van der Waals surface area contributed by atoms with Crippen molar-refractivity contribution in [2.45, 2.75) is 51.0 Å². The van der Waals surface area contributed by atoms with Crippen LogP contribution in [0.3, 0.4) is 0 Å². The summed E-state index contributed by atoms with van der Waals surface area (Å²) in [6.45, 7) is 6.17. The van der Waals surface area contributed by atoms with Crippen molar-refractivity contribution in [1.29, 1.82) is 0 Å². The van der Waals surface area contributed by atoms with Gasteiger partial charge in [-0.1, -0.05) is 19.3 Å². The van der Waals surface area contributed by atoms with Crippen LogP contribution < -0.4 is 5.32 Å². The zero-order valence-corrected chi connectivity index (χ0v) is 16.9. The van der Waals surface area contributed by atoms with E-state index in [-0.39, 0.29) is 5.91 Å². The predicted octanol–water partition coefficient (Wildman–Crippen LogP) is 3.01. The van der Waals surface area contributed by atoms with Gasteiger partial charge in [0.25, 0.3) is 5.91 Å². The molecule has 2 saturated heterocycles. The number of aromatic nitrogens is 1. The first-order valence-electron chi connectivity index (χ1n) is 11.1. The molecule has 0 unspecified atom stereocenters. The van der Waals surface area contributed by atoms with Gasteiger partial charge in [-0.25, -0.2) is 4.98 Å². The van der Waals surface area contributed by atoms with Crippen molar-refractivity contribution < 1.29 is 9.53 Å². The molecule has 1 saturated carbocycles. The number of piperidine rings is 1. The first kappa shape index (κ1) is 19.6. The van der Waals surface area contributed by atoms with Crippen molar-refractivity contribution in [2.75, 3.05) is 51.3 Å². The van der Waals surface area contributed by atoms with Gasteiger partial charge in [0.1, 0.15) is 5.82 Å². The third-order valence-electron chi connectivity index (χ3n) is 6.41. The molecule has 3 fully saturated rings.